The number of piperidine rings is 1. The predicted octanol–water partition coefficient (Wildman–Crippen LogP) is 4.89. The maximum Gasteiger partial charge on any atom is 0.225 e. The van der Waals surface area contributed by atoms with Crippen LogP contribution in [0.2, 0.25) is 0 Å². The van der Waals surface area contributed by atoms with Crippen LogP contribution in [0.3, 0.4) is 0 Å². The van der Waals surface area contributed by atoms with Gasteiger partial charge in [0.05, 0.1) is 0 Å². The van der Waals surface area contributed by atoms with Gasteiger partial charge >= 0.3 is 0 Å². The molecule has 34 heavy (non-hydrogen) atoms. The summed E-state index contributed by atoms with van der Waals surface area (Å²) in [6.45, 7) is 16.5. The highest BCUT2D eigenvalue weighted by Crippen LogP contribution is 2.34. The molecule has 2 bridgehead atoms. The van der Waals surface area contributed by atoms with Crippen molar-refractivity contribution in [1.82, 2.24) is 19.8 Å². The van der Waals surface area contributed by atoms with E-state index in [1.165, 1.54) is 37.7 Å². The summed E-state index contributed by atoms with van der Waals surface area (Å²) in [5.74, 6) is 1.93. The molecule has 0 amide bonds. The molecule has 3 fully saturated rings. The number of aromatic nitrogens is 2. The lowest BCUT2D eigenvalue weighted by atomic mass is 9.88. The number of unbranched alkanes of at least 4 members (excludes halogenated alkanes) is 2. The third kappa shape index (κ3) is 6.17. The van der Waals surface area contributed by atoms with Crippen LogP contribution in [-0.4, -0.2) is 76.4 Å². The molecule has 3 aliphatic rings. The molecule has 0 aliphatic carbocycles. The molecule has 1 aromatic rings. The molecule has 6 heteroatoms. The molecule has 0 spiro atoms. The molecule has 0 aromatic carbocycles. The van der Waals surface area contributed by atoms with Crippen LogP contribution in [0.4, 0.5) is 5.95 Å². The van der Waals surface area contributed by atoms with Gasteiger partial charge in [0.2, 0.25) is 5.95 Å². The maximum atomic E-state index is 12.1. The number of carbonyl (C=O) groups excluding carboxylic acids is 1. The lowest BCUT2D eigenvalue weighted by Gasteiger charge is -2.42. The minimum atomic E-state index is -0.188. The summed E-state index contributed by atoms with van der Waals surface area (Å²) in [6.07, 6.45) is 13.3. The van der Waals surface area contributed by atoms with E-state index in [-0.39, 0.29) is 5.41 Å². The maximum absolute atomic E-state index is 12.1. The monoisotopic (exact) mass is 469 g/mol. The van der Waals surface area contributed by atoms with Crippen LogP contribution < -0.4 is 4.90 Å². The van der Waals surface area contributed by atoms with Gasteiger partial charge in [0.1, 0.15) is 5.78 Å². The number of carbonyl (C=O) groups is 1. The highest BCUT2D eigenvalue weighted by molar-refractivity contribution is 5.83. The first-order valence-electron chi connectivity index (χ1n) is 13.8. The van der Waals surface area contributed by atoms with Crippen LogP contribution in [0, 0.1) is 5.41 Å². The fraction of sp³-hybridized carbons (Fsp3) is 0.821. The Balaban J connectivity index is 1.19. The minimum Gasteiger partial charge on any atom is -0.332 e. The molecule has 0 radical (unpaired) electrons. The average molecular weight is 470 g/mol. The zero-order valence-corrected chi connectivity index (χ0v) is 22.3. The quantitative estimate of drug-likeness (QED) is 0.480. The number of piperazine rings is 1. The van der Waals surface area contributed by atoms with Crippen molar-refractivity contribution in [3.8, 4) is 0 Å². The van der Waals surface area contributed by atoms with Crippen molar-refractivity contribution in [3.05, 3.63) is 18.0 Å². The zero-order valence-electron chi connectivity index (χ0n) is 22.3. The second-order valence-electron chi connectivity index (χ2n) is 12.3. The Bertz CT molecular complexity index is 780. The van der Waals surface area contributed by atoms with E-state index in [9.17, 15) is 4.79 Å². The van der Waals surface area contributed by atoms with Gasteiger partial charge in [-0.15, -0.1) is 0 Å². The number of ketones is 1. The number of Topliss-reactive ketones (excluding diaryl/α,β-unsaturated/α-hetero) is 1. The molecule has 4 rings (SSSR count). The summed E-state index contributed by atoms with van der Waals surface area (Å²) < 4.78 is 0. The van der Waals surface area contributed by atoms with E-state index in [1.807, 2.05) is 20.8 Å². The van der Waals surface area contributed by atoms with Crippen LogP contribution in [0.5, 0.6) is 0 Å². The Morgan fingerprint density at radius 3 is 2.15 bits per heavy atom. The fourth-order valence-corrected chi connectivity index (χ4v) is 6.02. The minimum absolute atomic E-state index is 0.188. The molecular formula is C28H47N5O. The number of likely N-dealkylation sites (tertiary alicyclic amines) is 2. The van der Waals surface area contributed by atoms with Crippen LogP contribution in [0.25, 0.3) is 0 Å². The molecule has 2 unspecified atom stereocenters. The van der Waals surface area contributed by atoms with Gasteiger partial charge in [-0.25, -0.2) is 9.97 Å². The Hall–Kier alpha value is -1.53. The SMILES string of the molecule is CC(C)N1CC2CCC(C1)N2c1ncc(C2CCN(CCCCCC(=O)C(C)(C)C)CC2)cn1. The molecule has 4 heterocycles. The molecule has 3 aliphatic heterocycles. The van der Waals surface area contributed by atoms with Gasteiger partial charge in [-0.2, -0.15) is 0 Å². The second-order valence-corrected chi connectivity index (χ2v) is 12.3. The summed E-state index contributed by atoms with van der Waals surface area (Å²) in [5, 5.41) is 0. The number of hydrogen-bond acceptors (Lipinski definition) is 6. The first-order valence-corrected chi connectivity index (χ1v) is 13.8. The molecule has 0 saturated carbocycles. The number of hydrogen-bond donors (Lipinski definition) is 0. The first-order chi connectivity index (χ1) is 16.2. The Labute approximate surface area is 207 Å². The van der Waals surface area contributed by atoms with Gasteiger partial charge in [-0.3, -0.25) is 9.69 Å². The number of rotatable bonds is 9. The molecule has 1 aromatic heterocycles. The third-order valence-electron chi connectivity index (χ3n) is 8.40. The lowest BCUT2D eigenvalue weighted by Crippen LogP contribution is -2.56. The zero-order chi connectivity index (χ0) is 24.3. The molecule has 0 N–H and O–H groups in total. The van der Waals surface area contributed by atoms with Crippen molar-refractivity contribution < 1.29 is 4.79 Å². The third-order valence-corrected chi connectivity index (χ3v) is 8.40. The van der Waals surface area contributed by atoms with E-state index in [0.29, 0.717) is 29.8 Å². The highest BCUT2D eigenvalue weighted by atomic mass is 16.1. The normalized spacial score (nSPS) is 24.8. The van der Waals surface area contributed by atoms with Gasteiger partial charge in [0.15, 0.2) is 0 Å². The van der Waals surface area contributed by atoms with Crippen molar-refractivity contribution in [1.29, 1.82) is 0 Å². The van der Waals surface area contributed by atoms with Crippen LogP contribution in [0.1, 0.15) is 97.5 Å². The molecular weight excluding hydrogens is 422 g/mol. The van der Waals surface area contributed by atoms with Crippen molar-refractivity contribution in [2.24, 2.45) is 5.41 Å². The summed E-state index contributed by atoms with van der Waals surface area (Å²) in [4.78, 5) is 29.5. The second kappa shape index (κ2) is 11.0. The Kier molecular flexibility index (Phi) is 8.29. The van der Waals surface area contributed by atoms with Crippen LogP contribution in [-0.2, 0) is 4.79 Å². The topological polar surface area (TPSA) is 52.6 Å². The van der Waals surface area contributed by atoms with Crippen molar-refractivity contribution in [3.63, 3.8) is 0 Å². The van der Waals surface area contributed by atoms with Crippen molar-refractivity contribution >= 4 is 11.7 Å². The summed E-state index contributed by atoms with van der Waals surface area (Å²) in [7, 11) is 0. The summed E-state index contributed by atoms with van der Waals surface area (Å²) >= 11 is 0. The fourth-order valence-electron chi connectivity index (χ4n) is 6.02. The number of anilines is 1. The Morgan fingerprint density at radius 1 is 0.971 bits per heavy atom. The largest absolute Gasteiger partial charge is 0.332 e. The van der Waals surface area contributed by atoms with Gasteiger partial charge in [0, 0.05) is 55.4 Å². The summed E-state index contributed by atoms with van der Waals surface area (Å²) in [6, 6.07) is 1.76. The standard InChI is InChI=1S/C28H47N5O/c1-21(2)32-19-24-10-11-25(20-32)33(24)27-29-17-23(18-30-27)22-12-15-31(16-13-22)14-8-6-7-9-26(34)28(3,4)5/h17-18,21-22,24-25H,6-16,19-20H2,1-5H3. The Morgan fingerprint density at radius 2 is 1.59 bits per heavy atom. The van der Waals surface area contributed by atoms with Gasteiger partial charge in [0.25, 0.3) is 0 Å². The smallest absolute Gasteiger partial charge is 0.225 e. The van der Waals surface area contributed by atoms with E-state index in [1.54, 1.807) is 0 Å². The van der Waals surface area contributed by atoms with E-state index in [0.717, 1.165) is 57.9 Å². The number of nitrogens with zero attached hydrogens (tertiary/aromatic N) is 5. The van der Waals surface area contributed by atoms with Crippen LogP contribution in [0.15, 0.2) is 12.4 Å². The van der Waals surface area contributed by atoms with Crippen molar-refractivity contribution in [2.45, 2.75) is 110 Å². The molecule has 190 valence electrons. The van der Waals surface area contributed by atoms with Crippen LogP contribution >= 0.6 is 0 Å². The van der Waals surface area contributed by atoms with E-state index in [4.69, 9.17) is 9.97 Å². The lowest BCUT2D eigenvalue weighted by molar-refractivity contribution is -0.126. The van der Waals surface area contributed by atoms with Gasteiger partial charge in [-0.1, -0.05) is 27.2 Å². The van der Waals surface area contributed by atoms with Crippen molar-refractivity contribution in [2.75, 3.05) is 37.6 Å². The van der Waals surface area contributed by atoms with Gasteiger partial charge < -0.3 is 9.80 Å². The molecule has 6 nitrogen and oxygen atoms in total. The van der Waals surface area contributed by atoms with Gasteiger partial charge in [-0.05, 0) is 83.5 Å². The number of fused-ring (bicyclic) bond motifs is 2. The molecule has 2 atom stereocenters. The van der Waals surface area contributed by atoms with E-state index in [2.05, 4.69) is 40.9 Å². The predicted molar refractivity (Wildman–Crippen MR) is 139 cm³/mol. The van der Waals surface area contributed by atoms with E-state index < -0.39 is 0 Å². The molecule has 3 saturated heterocycles. The van der Waals surface area contributed by atoms with E-state index >= 15 is 0 Å². The highest BCUT2D eigenvalue weighted by Gasteiger charge is 2.41. The summed E-state index contributed by atoms with van der Waals surface area (Å²) in [5.41, 5.74) is 1.13. The average Bonchev–Trinajstić information content (AvgIpc) is 3.07. The first kappa shape index (κ1) is 25.6.